The van der Waals surface area contributed by atoms with Crippen molar-refractivity contribution in [3.8, 4) is 0 Å². The predicted molar refractivity (Wildman–Crippen MR) is 44.8 cm³/mol. The fourth-order valence-electron chi connectivity index (χ4n) is 1.09. The van der Waals surface area contributed by atoms with Gasteiger partial charge in [-0.15, -0.1) is 0 Å². The molecule has 0 spiro atoms. The zero-order valence-corrected chi connectivity index (χ0v) is 7.05. The van der Waals surface area contributed by atoms with Crippen LogP contribution >= 0.6 is 0 Å². The van der Waals surface area contributed by atoms with Gasteiger partial charge in [-0.2, -0.15) is 0 Å². The first-order valence-corrected chi connectivity index (χ1v) is 4.00. The second-order valence-corrected chi connectivity index (χ2v) is 3.04. The molecule has 0 aromatic carbocycles. The van der Waals surface area contributed by atoms with E-state index in [9.17, 15) is 4.39 Å². The van der Waals surface area contributed by atoms with Crippen LogP contribution in [0.15, 0.2) is 24.2 Å². The van der Waals surface area contributed by atoms with Crippen molar-refractivity contribution in [3.63, 3.8) is 0 Å². The molecule has 1 rings (SSSR count). The highest BCUT2D eigenvalue weighted by molar-refractivity contribution is 5.13. The number of nitrogens with zero attached hydrogens (tertiary/aromatic N) is 1. The summed E-state index contributed by atoms with van der Waals surface area (Å²) in [6.45, 7) is 5.05. The van der Waals surface area contributed by atoms with E-state index in [1.807, 2.05) is 11.0 Å². The molecule has 1 aliphatic rings. The van der Waals surface area contributed by atoms with E-state index in [-0.39, 0.29) is 5.83 Å². The van der Waals surface area contributed by atoms with Crippen molar-refractivity contribution in [2.45, 2.75) is 26.3 Å². The second kappa shape index (κ2) is 3.56. The number of halogens is 1. The van der Waals surface area contributed by atoms with Crippen LogP contribution in [0.1, 0.15) is 20.3 Å². The van der Waals surface area contributed by atoms with Crippen LogP contribution in [0, 0.1) is 0 Å². The maximum Gasteiger partial charge on any atom is 0.138 e. The Morgan fingerprint density at radius 2 is 2.27 bits per heavy atom. The molecular formula is C9H14FN. The van der Waals surface area contributed by atoms with Crippen LogP contribution in [0.2, 0.25) is 0 Å². The topological polar surface area (TPSA) is 3.24 Å². The molecule has 0 amide bonds. The fraction of sp³-hybridized carbons (Fsp3) is 0.556. The normalized spacial score (nSPS) is 18.5. The summed E-state index contributed by atoms with van der Waals surface area (Å²) in [6, 6.07) is 0.389. The molecule has 0 bridgehead atoms. The Balaban J connectivity index is 2.64. The molecule has 1 heterocycles. The van der Waals surface area contributed by atoms with Crippen molar-refractivity contribution in [3.05, 3.63) is 24.2 Å². The molecule has 62 valence electrons. The number of rotatable bonds is 1. The van der Waals surface area contributed by atoms with Crippen molar-refractivity contribution in [2.75, 3.05) is 6.54 Å². The van der Waals surface area contributed by atoms with Crippen molar-refractivity contribution >= 4 is 0 Å². The third kappa shape index (κ3) is 2.37. The van der Waals surface area contributed by atoms with Crippen molar-refractivity contribution in [1.82, 2.24) is 4.90 Å². The SMILES string of the molecule is CC(C)N1C=C(F)C=CCC1. The number of hydrogen-bond donors (Lipinski definition) is 0. The molecule has 0 aromatic heterocycles. The lowest BCUT2D eigenvalue weighted by Crippen LogP contribution is -2.25. The van der Waals surface area contributed by atoms with E-state index < -0.39 is 0 Å². The summed E-state index contributed by atoms with van der Waals surface area (Å²) < 4.78 is 12.8. The highest BCUT2D eigenvalue weighted by Crippen LogP contribution is 2.11. The minimum Gasteiger partial charge on any atom is -0.372 e. The monoisotopic (exact) mass is 155 g/mol. The van der Waals surface area contributed by atoms with Gasteiger partial charge in [-0.1, -0.05) is 6.08 Å². The molecule has 0 atom stereocenters. The van der Waals surface area contributed by atoms with Crippen LogP contribution < -0.4 is 0 Å². The molecule has 0 radical (unpaired) electrons. The van der Waals surface area contributed by atoms with Gasteiger partial charge >= 0.3 is 0 Å². The second-order valence-electron chi connectivity index (χ2n) is 3.04. The standard InChI is InChI=1S/C9H14FN/c1-8(2)11-6-4-3-5-9(10)7-11/h3,5,7-8H,4,6H2,1-2H3. The molecule has 2 heteroatoms. The van der Waals surface area contributed by atoms with E-state index in [1.54, 1.807) is 6.20 Å². The first-order chi connectivity index (χ1) is 5.20. The quantitative estimate of drug-likeness (QED) is 0.562. The van der Waals surface area contributed by atoms with Gasteiger partial charge in [0.05, 0.1) is 0 Å². The summed E-state index contributed by atoms with van der Waals surface area (Å²) in [5.41, 5.74) is 0. The van der Waals surface area contributed by atoms with Gasteiger partial charge in [-0.05, 0) is 26.3 Å². The lowest BCUT2D eigenvalue weighted by Gasteiger charge is -2.23. The Kier molecular flexibility index (Phi) is 2.69. The summed E-state index contributed by atoms with van der Waals surface area (Å²) in [6.07, 6.45) is 5.91. The van der Waals surface area contributed by atoms with Gasteiger partial charge in [-0.25, -0.2) is 4.39 Å². The van der Waals surface area contributed by atoms with E-state index >= 15 is 0 Å². The molecule has 0 unspecified atom stereocenters. The largest absolute Gasteiger partial charge is 0.372 e. The predicted octanol–water partition coefficient (Wildman–Crippen LogP) is 2.47. The first-order valence-electron chi connectivity index (χ1n) is 4.00. The Bertz CT molecular complexity index is 182. The lowest BCUT2D eigenvalue weighted by molar-refractivity contribution is 0.312. The minimum absolute atomic E-state index is 0.142. The average molecular weight is 155 g/mol. The minimum atomic E-state index is -0.142. The zero-order chi connectivity index (χ0) is 8.27. The van der Waals surface area contributed by atoms with Crippen LogP contribution in [0.5, 0.6) is 0 Å². The van der Waals surface area contributed by atoms with Crippen LogP contribution in [-0.2, 0) is 0 Å². The van der Waals surface area contributed by atoms with Gasteiger partial charge < -0.3 is 4.90 Å². The van der Waals surface area contributed by atoms with Gasteiger partial charge in [0.15, 0.2) is 0 Å². The van der Waals surface area contributed by atoms with Gasteiger partial charge in [0.25, 0.3) is 0 Å². The summed E-state index contributed by atoms with van der Waals surface area (Å²) in [5.74, 6) is -0.142. The summed E-state index contributed by atoms with van der Waals surface area (Å²) >= 11 is 0. The first kappa shape index (κ1) is 8.31. The van der Waals surface area contributed by atoms with Crippen LogP contribution in [0.3, 0.4) is 0 Å². The van der Waals surface area contributed by atoms with Gasteiger partial charge in [0.1, 0.15) is 5.83 Å². The Morgan fingerprint density at radius 3 is 2.91 bits per heavy atom. The van der Waals surface area contributed by atoms with E-state index in [4.69, 9.17) is 0 Å². The zero-order valence-electron chi connectivity index (χ0n) is 7.05. The van der Waals surface area contributed by atoms with Crippen molar-refractivity contribution in [2.24, 2.45) is 0 Å². The third-order valence-corrected chi connectivity index (χ3v) is 1.78. The summed E-state index contributed by atoms with van der Waals surface area (Å²) in [5, 5.41) is 0. The highest BCUT2D eigenvalue weighted by Gasteiger charge is 2.06. The average Bonchev–Trinajstić information content (AvgIpc) is 2.13. The maximum atomic E-state index is 12.8. The molecule has 0 aliphatic carbocycles. The molecule has 0 N–H and O–H groups in total. The fourth-order valence-corrected chi connectivity index (χ4v) is 1.09. The van der Waals surface area contributed by atoms with Gasteiger partial charge in [0, 0.05) is 18.8 Å². The van der Waals surface area contributed by atoms with E-state index in [0.717, 1.165) is 13.0 Å². The number of allylic oxidation sites excluding steroid dienone is 2. The molecule has 0 saturated carbocycles. The van der Waals surface area contributed by atoms with Gasteiger partial charge in [-0.3, -0.25) is 0 Å². The van der Waals surface area contributed by atoms with E-state index in [1.165, 1.54) is 6.08 Å². The smallest absolute Gasteiger partial charge is 0.138 e. The molecule has 0 saturated heterocycles. The Hall–Kier alpha value is -0.790. The summed E-state index contributed by atoms with van der Waals surface area (Å²) in [7, 11) is 0. The van der Waals surface area contributed by atoms with Crippen LogP contribution in [0.25, 0.3) is 0 Å². The highest BCUT2D eigenvalue weighted by atomic mass is 19.1. The van der Waals surface area contributed by atoms with Gasteiger partial charge in [0.2, 0.25) is 0 Å². The maximum absolute atomic E-state index is 12.8. The Labute approximate surface area is 67.2 Å². The molecular weight excluding hydrogens is 141 g/mol. The van der Waals surface area contributed by atoms with Crippen LogP contribution in [0.4, 0.5) is 4.39 Å². The molecule has 0 fully saturated rings. The Morgan fingerprint density at radius 1 is 1.55 bits per heavy atom. The van der Waals surface area contributed by atoms with Crippen LogP contribution in [-0.4, -0.2) is 17.5 Å². The van der Waals surface area contributed by atoms with Crippen molar-refractivity contribution < 1.29 is 4.39 Å². The van der Waals surface area contributed by atoms with E-state index in [2.05, 4.69) is 13.8 Å². The third-order valence-electron chi connectivity index (χ3n) is 1.78. The lowest BCUT2D eigenvalue weighted by atomic mass is 10.3. The van der Waals surface area contributed by atoms with Crippen molar-refractivity contribution in [1.29, 1.82) is 0 Å². The summed E-state index contributed by atoms with van der Waals surface area (Å²) in [4.78, 5) is 2.01. The molecule has 1 aliphatic heterocycles. The molecule has 1 nitrogen and oxygen atoms in total. The molecule has 11 heavy (non-hydrogen) atoms. The van der Waals surface area contributed by atoms with E-state index in [0.29, 0.717) is 6.04 Å². The number of hydrogen-bond acceptors (Lipinski definition) is 1. The molecule has 0 aromatic rings.